The lowest BCUT2D eigenvalue weighted by Crippen LogP contribution is -2.29. The van der Waals surface area contributed by atoms with E-state index in [1.54, 1.807) is 6.07 Å². The summed E-state index contributed by atoms with van der Waals surface area (Å²) >= 11 is 0. The molecule has 4 heteroatoms. The lowest BCUT2D eigenvalue weighted by molar-refractivity contribution is 0.284. The Kier molecular flexibility index (Phi) is 11.8. The molecule has 0 spiro atoms. The maximum absolute atomic E-state index is 16.3. The van der Waals surface area contributed by atoms with Crippen LogP contribution in [0.2, 0.25) is 0 Å². The Morgan fingerprint density at radius 2 is 0.806 bits per heavy atom. The van der Waals surface area contributed by atoms with Crippen molar-refractivity contribution in [2.75, 3.05) is 0 Å². The molecule has 0 fully saturated rings. The normalized spacial score (nSPS) is 14.2. The third-order valence-corrected chi connectivity index (χ3v) is 15.6. The van der Waals surface area contributed by atoms with Crippen LogP contribution in [0.4, 0.5) is 0 Å². The van der Waals surface area contributed by atoms with Gasteiger partial charge in [0, 0.05) is 22.2 Å². The molecule has 0 saturated heterocycles. The van der Waals surface area contributed by atoms with E-state index in [-0.39, 0.29) is 54.3 Å². The summed E-state index contributed by atoms with van der Waals surface area (Å²) in [6.45, 7) is 47.8. The van der Waals surface area contributed by atoms with Crippen molar-refractivity contribution in [3.05, 3.63) is 134 Å². The average molecular weight is 962 g/mol. The Balaban J connectivity index is 1.66. The van der Waals surface area contributed by atoms with Crippen molar-refractivity contribution in [2.24, 2.45) is 21.7 Å². The van der Waals surface area contributed by atoms with E-state index in [9.17, 15) is 0 Å². The van der Waals surface area contributed by atoms with Gasteiger partial charge < -0.3 is 4.74 Å². The summed E-state index contributed by atoms with van der Waals surface area (Å²) in [6, 6.07) is 31.4. The second-order valence-electron chi connectivity index (χ2n) is 29.6. The summed E-state index contributed by atoms with van der Waals surface area (Å²) in [6.07, 6.45) is 3.79. The highest BCUT2D eigenvalue weighted by molar-refractivity contribution is 6.40. The molecule has 9 aromatic rings. The standard InChI is InChI=1S/C68H83NO3/c1-61(2,3)36-65(13,14)44-31-29-40-30-32-45(66(15,16)37-62(4,5)6)55-52(40)54(44)56-46(67(17,18)38-63(7,8)9)33-42-49-35-50(70)58-48(27-24-28-51(58)72-41-25-22-21-23-26-41)69(49)60(71)43-34-47(57(55)59(56)53(42)43)68(19,20)39-64(10,11)12/h21-35H,36-39H2,1-20H3. The van der Waals surface area contributed by atoms with Gasteiger partial charge in [0.1, 0.15) is 11.5 Å². The van der Waals surface area contributed by atoms with Crippen LogP contribution >= 0.6 is 0 Å². The highest BCUT2D eigenvalue weighted by Crippen LogP contribution is 2.57. The molecule has 0 saturated carbocycles. The Hall–Kier alpha value is -5.48. The first kappa shape index (κ1) is 51.4. The first-order chi connectivity index (χ1) is 33.0. The van der Waals surface area contributed by atoms with Crippen molar-refractivity contribution in [2.45, 2.75) is 186 Å². The van der Waals surface area contributed by atoms with E-state index in [0.717, 1.165) is 36.5 Å². The summed E-state index contributed by atoms with van der Waals surface area (Å²) in [4.78, 5) is 31.3. The molecule has 0 atom stereocenters. The van der Waals surface area contributed by atoms with Crippen molar-refractivity contribution < 1.29 is 4.74 Å². The molecule has 2 heterocycles. The highest BCUT2D eigenvalue weighted by Gasteiger charge is 2.40. The van der Waals surface area contributed by atoms with Gasteiger partial charge in [-0.2, -0.15) is 0 Å². The first-order valence-corrected chi connectivity index (χ1v) is 26.8. The maximum Gasteiger partial charge on any atom is 0.263 e. The quantitative estimate of drug-likeness (QED) is 0.101. The van der Waals surface area contributed by atoms with Crippen LogP contribution in [0, 0.1) is 21.7 Å². The van der Waals surface area contributed by atoms with Gasteiger partial charge in [-0.3, -0.25) is 14.0 Å². The van der Waals surface area contributed by atoms with Gasteiger partial charge in [-0.15, -0.1) is 0 Å². The van der Waals surface area contributed by atoms with Gasteiger partial charge in [0.25, 0.3) is 5.56 Å². The molecule has 7 aromatic carbocycles. The second-order valence-corrected chi connectivity index (χ2v) is 29.6. The number of fused-ring (bicyclic) bond motifs is 6. The maximum atomic E-state index is 16.3. The van der Waals surface area contributed by atoms with E-state index in [1.165, 1.54) is 60.0 Å². The van der Waals surface area contributed by atoms with E-state index in [0.29, 0.717) is 33.3 Å². The van der Waals surface area contributed by atoms with Crippen molar-refractivity contribution in [3.8, 4) is 11.5 Å². The molecule has 0 aliphatic rings. The zero-order valence-electron chi connectivity index (χ0n) is 47.7. The summed E-state index contributed by atoms with van der Waals surface area (Å²) in [7, 11) is 0. The monoisotopic (exact) mass is 962 g/mol. The van der Waals surface area contributed by atoms with Crippen LogP contribution in [-0.4, -0.2) is 4.40 Å². The number of pyridine rings is 2. The van der Waals surface area contributed by atoms with Gasteiger partial charge in [0.15, 0.2) is 5.43 Å². The van der Waals surface area contributed by atoms with Crippen LogP contribution in [0.25, 0.3) is 70.3 Å². The molecular weight excluding hydrogens is 879 g/mol. The summed E-state index contributed by atoms with van der Waals surface area (Å²) in [5.41, 5.74) is 4.97. The Labute approximate surface area is 430 Å². The van der Waals surface area contributed by atoms with Gasteiger partial charge in [0.05, 0.1) is 16.4 Å². The Bertz CT molecular complexity index is 3640. The van der Waals surface area contributed by atoms with Crippen LogP contribution in [-0.2, 0) is 21.7 Å². The fourth-order valence-electron chi connectivity index (χ4n) is 14.9. The summed E-state index contributed by atoms with van der Waals surface area (Å²) in [5, 5.41) is 11.9. The SMILES string of the molecule is CC(C)(C)CC(C)(C)c1ccc2ccc(C(C)(C)CC(C)(C)C)c3c4c(C(C)(C)CC(C)(C)C)cc5c6c(cc(C(C)(C)CC(C)(C)C)c(c1c23)c46)c(=O)n1c2cccc(Oc3ccccc3)c2c(=O)cc51. The zero-order chi connectivity index (χ0) is 52.8. The van der Waals surface area contributed by atoms with Crippen molar-refractivity contribution in [3.63, 3.8) is 0 Å². The van der Waals surface area contributed by atoms with Gasteiger partial charge in [-0.1, -0.05) is 187 Å². The minimum absolute atomic E-state index is 0.0137. The molecule has 0 N–H and O–H groups in total. The minimum atomic E-state index is -0.371. The van der Waals surface area contributed by atoms with Crippen molar-refractivity contribution >= 4 is 70.3 Å². The van der Waals surface area contributed by atoms with Gasteiger partial charge in [-0.25, -0.2) is 0 Å². The first-order valence-electron chi connectivity index (χ1n) is 26.8. The van der Waals surface area contributed by atoms with E-state index in [1.807, 2.05) is 52.9 Å². The number of rotatable bonds is 10. The van der Waals surface area contributed by atoms with Crippen LogP contribution in [0.3, 0.4) is 0 Å². The van der Waals surface area contributed by atoms with Crippen LogP contribution in [0.15, 0.2) is 101 Å². The Morgan fingerprint density at radius 3 is 1.26 bits per heavy atom. The third-order valence-electron chi connectivity index (χ3n) is 15.6. The molecule has 0 unspecified atom stereocenters. The molecule has 0 aliphatic heterocycles. The molecule has 0 radical (unpaired) electrons. The molecule has 72 heavy (non-hydrogen) atoms. The van der Waals surface area contributed by atoms with Crippen LogP contribution < -0.4 is 15.7 Å². The predicted molar refractivity (Wildman–Crippen MR) is 312 cm³/mol. The molecule has 9 rings (SSSR count). The largest absolute Gasteiger partial charge is 0.457 e. The lowest BCUT2D eigenvalue weighted by atomic mass is 9.64. The molecular formula is C68H83NO3. The topological polar surface area (TPSA) is 47.8 Å². The summed E-state index contributed by atoms with van der Waals surface area (Å²) < 4.78 is 8.31. The predicted octanol–water partition coefficient (Wildman–Crippen LogP) is 19.1. The number of aromatic nitrogens is 1. The van der Waals surface area contributed by atoms with Crippen LogP contribution in [0.1, 0.15) is 186 Å². The fourth-order valence-corrected chi connectivity index (χ4v) is 14.9. The molecule has 0 aliphatic carbocycles. The second kappa shape index (κ2) is 16.5. The highest BCUT2D eigenvalue weighted by atomic mass is 16.5. The lowest BCUT2D eigenvalue weighted by Gasteiger charge is -2.40. The molecule has 0 bridgehead atoms. The van der Waals surface area contributed by atoms with E-state index in [2.05, 4.69) is 175 Å². The van der Waals surface area contributed by atoms with Gasteiger partial charge in [-0.05, 0) is 165 Å². The van der Waals surface area contributed by atoms with Gasteiger partial charge in [0.2, 0.25) is 0 Å². The third kappa shape index (κ3) is 8.95. The average Bonchev–Trinajstić information content (AvgIpc) is 3.21. The Morgan fingerprint density at radius 1 is 0.375 bits per heavy atom. The van der Waals surface area contributed by atoms with Crippen molar-refractivity contribution in [1.29, 1.82) is 0 Å². The molecule has 2 aromatic heterocycles. The van der Waals surface area contributed by atoms with Crippen LogP contribution in [0.5, 0.6) is 11.5 Å². The molecule has 0 amide bonds. The molecule has 378 valence electrons. The zero-order valence-corrected chi connectivity index (χ0v) is 47.7. The van der Waals surface area contributed by atoms with E-state index < -0.39 is 0 Å². The van der Waals surface area contributed by atoms with Gasteiger partial charge >= 0.3 is 0 Å². The minimum Gasteiger partial charge on any atom is -0.457 e. The van der Waals surface area contributed by atoms with E-state index >= 15 is 9.59 Å². The number of benzene rings is 7. The number of ether oxygens (including phenoxy) is 1. The smallest absolute Gasteiger partial charge is 0.263 e. The molecule has 4 nitrogen and oxygen atoms in total. The number of hydrogen-bond donors (Lipinski definition) is 0. The number of para-hydroxylation sites is 1. The number of hydrogen-bond acceptors (Lipinski definition) is 3. The van der Waals surface area contributed by atoms with E-state index in [4.69, 9.17) is 4.74 Å². The number of nitrogens with zero attached hydrogens (tertiary/aromatic N) is 1. The summed E-state index contributed by atoms with van der Waals surface area (Å²) in [5.74, 6) is 1.06. The fraction of sp³-hybridized carbons (Fsp3) is 0.471. The van der Waals surface area contributed by atoms with Crippen molar-refractivity contribution in [1.82, 2.24) is 4.40 Å².